The van der Waals surface area contributed by atoms with Crippen molar-refractivity contribution in [1.82, 2.24) is 5.01 Å². The molecule has 16 heavy (non-hydrogen) atoms. The highest BCUT2D eigenvalue weighted by Gasteiger charge is 2.19. The molecule has 0 aromatic rings. The average Bonchev–Trinajstić information content (AvgIpc) is 2.28. The van der Waals surface area contributed by atoms with Crippen molar-refractivity contribution in [2.24, 2.45) is 11.0 Å². The largest absolute Gasteiger partial charge is 0.318 e. The molecule has 0 bridgehead atoms. The summed E-state index contributed by atoms with van der Waals surface area (Å²) in [5, 5.41) is 5.07. The van der Waals surface area contributed by atoms with Gasteiger partial charge in [-0.05, 0) is 13.8 Å². The average molecular weight is 241 g/mol. The fraction of sp³-hybridized carbons (Fsp3) is 0.636. The van der Waals surface area contributed by atoms with E-state index in [1.165, 1.54) is 5.57 Å². The van der Waals surface area contributed by atoms with Crippen LogP contribution in [0, 0.1) is 4.91 Å². The third-order valence-corrected chi connectivity index (χ3v) is 3.94. The topological polar surface area (TPSA) is 58.7 Å². The molecular formula is C11H19N3OS. The quantitative estimate of drug-likeness (QED) is 0.355. The Morgan fingerprint density at radius 3 is 3.06 bits per heavy atom. The maximum atomic E-state index is 10.4. The zero-order chi connectivity index (χ0) is 12.1. The molecule has 0 aromatic carbocycles. The first-order chi connectivity index (χ1) is 7.54. The summed E-state index contributed by atoms with van der Waals surface area (Å²) < 4.78 is 0. The van der Waals surface area contributed by atoms with Crippen LogP contribution in [0.15, 0.2) is 28.6 Å². The number of rotatable bonds is 4. The van der Waals surface area contributed by atoms with Crippen LogP contribution in [-0.2, 0) is 0 Å². The van der Waals surface area contributed by atoms with Gasteiger partial charge < -0.3 is 5.01 Å². The van der Waals surface area contributed by atoms with Crippen LogP contribution in [0.5, 0.6) is 0 Å². The fourth-order valence-electron chi connectivity index (χ4n) is 1.69. The van der Waals surface area contributed by atoms with Gasteiger partial charge in [0.2, 0.25) is 0 Å². The molecular weight excluding hydrogens is 222 g/mol. The molecule has 2 atom stereocenters. The summed E-state index contributed by atoms with van der Waals surface area (Å²) in [6.07, 6.45) is 5.01. The first-order valence-electron chi connectivity index (χ1n) is 5.34. The maximum Gasteiger partial charge on any atom is 0.107 e. The molecule has 4 nitrogen and oxygen atoms in total. The summed E-state index contributed by atoms with van der Waals surface area (Å²) in [6.45, 7) is 3.86. The van der Waals surface area contributed by atoms with Crippen LogP contribution in [-0.4, -0.2) is 29.1 Å². The van der Waals surface area contributed by atoms with Gasteiger partial charge in [0.15, 0.2) is 0 Å². The number of nitrogens with two attached hydrogens (primary N) is 1. The lowest BCUT2D eigenvalue weighted by molar-refractivity contribution is 0.420. The van der Waals surface area contributed by atoms with E-state index in [-0.39, 0.29) is 6.04 Å². The highest BCUT2D eigenvalue weighted by Crippen LogP contribution is 2.31. The van der Waals surface area contributed by atoms with Crippen LogP contribution in [0.1, 0.15) is 20.3 Å². The highest BCUT2D eigenvalue weighted by molar-refractivity contribution is 8.00. The number of hydrazine groups is 1. The van der Waals surface area contributed by atoms with E-state index in [4.69, 9.17) is 5.84 Å². The molecule has 1 aliphatic rings. The van der Waals surface area contributed by atoms with Crippen molar-refractivity contribution in [3.8, 4) is 0 Å². The summed E-state index contributed by atoms with van der Waals surface area (Å²) in [5.41, 5.74) is 2.37. The molecule has 0 saturated heterocycles. The second-order valence-electron chi connectivity index (χ2n) is 4.09. The number of hydrogen-bond donors (Lipinski definition) is 1. The molecule has 0 aromatic heterocycles. The molecule has 5 heteroatoms. The zero-order valence-electron chi connectivity index (χ0n) is 10.0. The van der Waals surface area contributed by atoms with Crippen molar-refractivity contribution in [3.05, 3.63) is 28.3 Å². The van der Waals surface area contributed by atoms with Crippen LogP contribution in [0.25, 0.3) is 0 Å². The summed E-state index contributed by atoms with van der Waals surface area (Å²) in [4.78, 5) is 10.4. The Labute approximate surface area is 101 Å². The smallest absolute Gasteiger partial charge is 0.107 e. The molecule has 1 heterocycles. The zero-order valence-corrected chi connectivity index (χ0v) is 10.8. The third-order valence-electron chi connectivity index (χ3n) is 2.64. The van der Waals surface area contributed by atoms with Gasteiger partial charge in [-0.2, -0.15) is 4.91 Å². The van der Waals surface area contributed by atoms with E-state index in [1.807, 2.05) is 24.9 Å². The lowest BCUT2D eigenvalue weighted by Crippen LogP contribution is -2.29. The SMILES string of the molecule is C/C(=C/C(C)N=O)[C@@H]1CC(N(C)N)=CCS1. The summed E-state index contributed by atoms with van der Waals surface area (Å²) >= 11 is 1.87. The minimum absolute atomic E-state index is 0.245. The Bertz CT molecular complexity index is 312. The second kappa shape index (κ2) is 6.06. The van der Waals surface area contributed by atoms with Gasteiger partial charge in [0, 0.05) is 30.2 Å². The number of thioether (sulfide) groups is 1. The molecule has 90 valence electrons. The minimum Gasteiger partial charge on any atom is -0.318 e. The molecule has 0 fully saturated rings. The van der Waals surface area contributed by atoms with E-state index in [0.29, 0.717) is 5.25 Å². The van der Waals surface area contributed by atoms with Crippen molar-refractivity contribution >= 4 is 11.8 Å². The van der Waals surface area contributed by atoms with Crippen LogP contribution in [0.3, 0.4) is 0 Å². The van der Waals surface area contributed by atoms with Crippen LogP contribution in [0.2, 0.25) is 0 Å². The van der Waals surface area contributed by atoms with Crippen molar-refractivity contribution < 1.29 is 0 Å². The second-order valence-corrected chi connectivity index (χ2v) is 5.32. The monoisotopic (exact) mass is 241 g/mol. The molecule has 0 spiro atoms. The van der Waals surface area contributed by atoms with E-state index >= 15 is 0 Å². The number of nitroso groups, excluding NO2 is 1. The van der Waals surface area contributed by atoms with Gasteiger partial charge in [-0.15, -0.1) is 11.8 Å². The number of hydrogen-bond acceptors (Lipinski definition) is 5. The standard InChI is InChI=1S/C11H19N3OS/c1-8(6-9(2)13-15)11-7-10(14(3)12)4-5-16-11/h4,6,9,11H,5,7,12H2,1-3H3/b8-6-/t9?,11-/m0/s1. The van der Waals surface area contributed by atoms with Crippen LogP contribution >= 0.6 is 11.8 Å². The van der Waals surface area contributed by atoms with Gasteiger partial charge in [0.05, 0.1) is 0 Å². The molecule has 0 saturated carbocycles. The van der Waals surface area contributed by atoms with E-state index in [9.17, 15) is 4.91 Å². The molecule has 2 N–H and O–H groups in total. The van der Waals surface area contributed by atoms with Crippen molar-refractivity contribution in [2.75, 3.05) is 12.8 Å². The Kier molecular flexibility index (Phi) is 5.02. The Morgan fingerprint density at radius 2 is 2.50 bits per heavy atom. The molecule has 1 aliphatic heterocycles. The Balaban J connectivity index is 2.66. The van der Waals surface area contributed by atoms with Gasteiger partial charge in [0.1, 0.15) is 6.04 Å². The van der Waals surface area contributed by atoms with E-state index in [0.717, 1.165) is 17.9 Å². The lowest BCUT2D eigenvalue weighted by Gasteiger charge is -2.27. The predicted molar refractivity (Wildman–Crippen MR) is 69.9 cm³/mol. The molecule has 1 rings (SSSR count). The molecule has 0 radical (unpaired) electrons. The normalized spacial score (nSPS) is 23.6. The maximum absolute atomic E-state index is 10.4. The molecule has 1 unspecified atom stereocenters. The Morgan fingerprint density at radius 1 is 1.81 bits per heavy atom. The first-order valence-corrected chi connectivity index (χ1v) is 6.39. The minimum atomic E-state index is -0.245. The fourth-order valence-corrected chi connectivity index (χ4v) is 2.84. The summed E-state index contributed by atoms with van der Waals surface area (Å²) in [5.74, 6) is 6.69. The summed E-state index contributed by atoms with van der Waals surface area (Å²) in [6, 6.07) is -0.245. The van der Waals surface area contributed by atoms with Gasteiger partial charge in [-0.3, -0.25) is 0 Å². The molecule has 0 aliphatic carbocycles. The first kappa shape index (κ1) is 13.3. The Hall–Kier alpha value is -0.810. The van der Waals surface area contributed by atoms with E-state index in [2.05, 4.69) is 18.2 Å². The van der Waals surface area contributed by atoms with Crippen LogP contribution < -0.4 is 5.84 Å². The molecule has 0 amide bonds. The predicted octanol–water partition coefficient (Wildman–Crippen LogP) is 2.28. The number of allylic oxidation sites excluding steroid dienone is 1. The van der Waals surface area contributed by atoms with E-state index in [1.54, 1.807) is 11.9 Å². The highest BCUT2D eigenvalue weighted by atomic mass is 32.2. The van der Waals surface area contributed by atoms with Crippen molar-refractivity contribution in [3.63, 3.8) is 0 Å². The van der Waals surface area contributed by atoms with Gasteiger partial charge in [-0.1, -0.05) is 22.9 Å². The lowest BCUT2D eigenvalue weighted by atomic mass is 10.1. The third kappa shape index (κ3) is 3.64. The van der Waals surface area contributed by atoms with Crippen LogP contribution in [0.4, 0.5) is 0 Å². The van der Waals surface area contributed by atoms with Gasteiger partial charge >= 0.3 is 0 Å². The van der Waals surface area contributed by atoms with Gasteiger partial charge in [0.25, 0.3) is 0 Å². The number of nitrogens with zero attached hydrogens (tertiary/aromatic N) is 2. The summed E-state index contributed by atoms with van der Waals surface area (Å²) in [7, 11) is 1.85. The van der Waals surface area contributed by atoms with Crippen molar-refractivity contribution in [2.45, 2.75) is 31.6 Å². The van der Waals surface area contributed by atoms with Crippen molar-refractivity contribution in [1.29, 1.82) is 0 Å². The van der Waals surface area contributed by atoms with Gasteiger partial charge in [-0.25, -0.2) is 5.84 Å². The van der Waals surface area contributed by atoms with E-state index < -0.39 is 0 Å².